The predicted octanol–water partition coefficient (Wildman–Crippen LogP) is 1.63. The molecule has 2 aromatic rings. The summed E-state index contributed by atoms with van der Waals surface area (Å²) in [5.41, 5.74) is 4.80. The highest BCUT2D eigenvalue weighted by molar-refractivity contribution is 5.89. The summed E-state index contributed by atoms with van der Waals surface area (Å²) in [6.45, 7) is 3.44. The number of carbonyl (C=O) groups excluding carboxylic acids is 1. The third-order valence-electron chi connectivity index (χ3n) is 4.02. The van der Waals surface area contributed by atoms with Crippen molar-refractivity contribution in [3.63, 3.8) is 0 Å². The van der Waals surface area contributed by atoms with E-state index in [2.05, 4.69) is 15.7 Å². The molecule has 3 rings (SSSR count). The van der Waals surface area contributed by atoms with E-state index in [0.717, 1.165) is 47.7 Å². The number of nitrogens with zero attached hydrogens (tertiary/aromatic N) is 2. The lowest BCUT2D eigenvalue weighted by molar-refractivity contribution is -0.137. The molecular formula is C17H20N4O3. The Hall–Kier alpha value is -2.67. The maximum atomic E-state index is 11.1. The summed E-state index contributed by atoms with van der Waals surface area (Å²) in [6.07, 6.45) is 0.897. The van der Waals surface area contributed by atoms with Crippen molar-refractivity contribution in [2.24, 2.45) is 0 Å². The van der Waals surface area contributed by atoms with E-state index in [1.54, 1.807) is 0 Å². The number of amides is 1. The molecule has 3 N–H and O–H groups in total. The minimum atomic E-state index is -0.825. The van der Waals surface area contributed by atoms with Gasteiger partial charge in [0.1, 0.15) is 0 Å². The molecule has 0 aliphatic carbocycles. The average molecular weight is 328 g/mol. The van der Waals surface area contributed by atoms with Gasteiger partial charge in [0.05, 0.1) is 18.7 Å². The molecule has 1 aromatic carbocycles. The Morgan fingerprint density at radius 3 is 2.75 bits per heavy atom. The van der Waals surface area contributed by atoms with Crippen molar-refractivity contribution in [3.8, 4) is 11.3 Å². The summed E-state index contributed by atoms with van der Waals surface area (Å²) >= 11 is 0. The SMILES string of the molecule is CC(=O)Nc1ccc(-c2nn(CCC(=O)O)c3c2CNCC3)cc1. The molecule has 126 valence electrons. The zero-order chi connectivity index (χ0) is 17.1. The molecule has 7 nitrogen and oxygen atoms in total. The number of aromatic nitrogens is 2. The summed E-state index contributed by atoms with van der Waals surface area (Å²) in [7, 11) is 0. The Morgan fingerprint density at radius 1 is 1.33 bits per heavy atom. The normalized spacial score (nSPS) is 13.4. The Labute approximate surface area is 139 Å². The van der Waals surface area contributed by atoms with Crippen molar-refractivity contribution in [1.82, 2.24) is 15.1 Å². The predicted molar refractivity (Wildman–Crippen MR) is 89.6 cm³/mol. The van der Waals surface area contributed by atoms with Crippen LogP contribution in [-0.2, 0) is 29.1 Å². The van der Waals surface area contributed by atoms with E-state index in [1.807, 2.05) is 28.9 Å². The first-order valence-corrected chi connectivity index (χ1v) is 7.93. The quantitative estimate of drug-likeness (QED) is 0.775. The molecule has 0 unspecified atom stereocenters. The number of anilines is 1. The molecule has 2 heterocycles. The first-order valence-electron chi connectivity index (χ1n) is 7.93. The number of aliphatic carboxylic acids is 1. The number of fused-ring (bicyclic) bond motifs is 1. The fourth-order valence-corrected chi connectivity index (χ4v) is 2.95. The summed E-state index contributed by atoms with van der Waals surface area (Å²) in [5.74, 6) is -0.934. The number of aryl methyl sites for hydroxylation is 1. The van der Waals surface area contributed by atoms with E-state index < -0.39 is 5.97 Å². The highest BCUT2D eigenvalue weighted by Crippen LogP contribution is 2.28. The second kappa shape index (κ2) is 6.84. The first kappa shape index (κ1) is 16.2. The van der Waals surface area contributed by atoms with Gasteiger partial charge in [-0.2, -0.15) is 5.10 Å². The van der Waals surface area contributed by atoms with Crippen LogP contribution in [0.5, 0.6) is 0 Å². The molecule has 0 fully saturated rings. The molecule has 1 aromatic heterocycles. The smallest absolute Gasteiger partial charge is 0.305 e. The molecule has 24 heavy (non-hydrogen) atoms. The lowest BCUT2D eigenvalue weighted by Crippen LogP contribution is -2.25. The lowest BCUT2D eigenvalue weighted by atomic mass is 10.0. The molecule has 1 amide bonds. The van der Waals surface area contributed by atoms with Crippen LogP contribution in [0.25, 0.3) is 11.3 Å². The maximum Gasteiger partial charge on any atom is 0.305 e. The van der Waals surface area contributed by atoms with Crippen LogP contribution in [0, 0.1) is 0 Å². The fourth-order valence-electron chi connectivity index (χ4n) is 2.95. The molecule has 7 heteroatoms. The van der Waals surface area contributed by atoms with Gasteiger partial charge in [-0.15, -0.1) is 0 Å². The largest absolute Gasteiger partial charge is 0.481 e. The van der Waals surface area contributed by atoms with E-state index in [1.165, 1.54) is 6.92 Å². The standard InChI is InChI=1S/C17H20N4O3/c1-11(22)19-13-4-2-12(3-5-13)17-14-10-18-8-6-15(14)21(20-17)9-7-16(23)24/h2-5,18H,6-10H2,1H3,(H,19,22)(H,23,24). The Morgan fingerprint density at radius 2 is 2.08 bits per heavy atom. The number of carboxylic acids is 1. The van der Waals surface area contributed by atoms with Crippen LogP contribution in [0.2, 0.25) is 0 Å². The Bertz CT molecular complexity index is 765. The molecule has 0 radical (unpaired) electrons. The van der Waals surface area contributed by atoms with Gasteiger partial charge in [-0.25, -0.2) is 0 Å². The second-order valence-electron chi connectivity index (χ2n) is 5.83. The van der Waals surface area contributed by atoms with E-state index >= 15 is 0 Å². The number of carbonyl (C=O) groups is 2. The van der Waals surface area contributed by atoms with E-state index in [0.29, 0.717) is 6.54 Å². The van der Waals surface area contributed by atoms with E-state index in [9.17, 15) is 9.59 Å². The summed E-state index contributed by atoms with van der Waals surface area (Å²) in [6, 6.07) is 7.53. The van der Waals surface area contributed by atoms with Crippen LogP contribution in [0.1, 0.15) is 24.6 Å². The van der Waals surface area contributed by atoms with Gasteiger partial charge < -0.3 is 15.7 Å². The van der Waals surface area contributed by atoms with Gasteiger partial charge in [-0.1, -0.05) is 12.1 Å². The van der Waals surface area contributed by atoms with Crippen molar-refractivity contribution >= 4 is 17.6 Å². The molecular weight excluding hydrogens is 308 g/mol. The summed E-state index contributed by atoms with van der Waals surface area (Å²) in [4.78, 5) is 22.0. The highest BCUT2D eigenvalue weighted by atomic mass is 16.4. The van der Waals surface area contributed by atoms with Crippen molar-refractivity contribution in [3.05, 3.63) is 35.5 Å². The van der Waals surface area contributed by atoms with Crippen molar-refractivity contribution in [2.45, 2.75) is 32.9 Å². The number of benzene rings is 1. The second-order valence-corrected chi connectivity index (χ2v) is 5.83. The van der Waals surface area contributed by atoms with Gasteiger partial charge in [-0.3, -0.25) is 14.3 Å². The number of hydrogen-bond acceptors (Lipinski definition) is 4. The third-order valence-corrected chi connectivity index (χ3v) is 4.02. The zero-order valence-electron chi connectivity index (χ0n) is 13.5. The van der Waals surface area contributed by atoms with Crippen molar-refractivity contribution in [2.75, 3.05) is 11.9 Å². The van der Waals surface area contributed by atoms with Crippen LogP contribution in [0.3, 0.4) is 0 Å². The summed E-state index contributed by atoms with van der Waals surface area (Å²) < 4.78 is 1.82. The zero-order valence-corrected chi connectivity index (χ0v) is 13.5. The van der Waals surface area contributed by atoms with Gasteiger partial charge >= 0.3 is 5.97 Å². The Kier molecular flexibility index (Phi) is 4.61. The van der Waals surface area contributed by atoms with Crippen LogP contribution in [0.15, 0.2) is 24.3 Å². The number of carboxylic acid groups (broad SMARTS) is 1. The van der Waals surface area contributed by atoms with Crippen molar-refractivity contribution < 1.29 is 14.7 Å². The third kappa shape index (κ3) is 3.46. The van der Waals surface area contributed by atoms with Crippen molar-refractivity contribution in [1.29, 1.82) is 0 Å². The van der Waals surface area contributed by atoms with Crippen LogP contribution in [0.4, 0.5) is 5.69 Å². The van der Waals surface area contributed by atoms with Crippen LogP contribution < -0.4 is 10.6 Å². The number of rotatable bonds is 5. The van der Waals surface area contributed by atoms with Crippen LogP contribution in [-0.4, -0.2) is 33.3 Å². The molecule has 0 spiro atoms. The molecule has 0 saturated heterocycles. The summed E-state index contributed by atoms with van der Waals surface area (Å²) in [5, 5.41) is 19.6. The Balaban J connectivity index is 1.92. The van der Waals surface area contributed by atoms with Gasteiger partial charge in [0.15, 0.2) is 0 Å². The molecule has 0 atom stereocenters. The molecule has 0 saturated carbocycles. The lowest BCUT2D eigenvalue weighted by Gasteiger charge is -2.15. The fraction of sp³-hybridized carbons (Fsp3) is 0.353. The minimum Gasteiger partial charge on any atom is -0.481 e. The highest BCUT2D eigenvalue weighted by Gasteiger charge is 2.21. The monoisotopic (exact) mass is 328 g/mol. The molecule has 0 bridgehead atoms. The van der Waals surface area contributed by atoms with Crippen LogP contribution >= 0.6 is 0 Å². The molecule has 1 aliphatic rings. The van der Waals surface area contributed by atoms with E-state index in [-0.39, 0.29) is 12.3 Å². The van der Waals surface area contributed by atoms with E-state index in [4.69, 9.17) is 5.11 Å². The van der Waals surface area contributed by atoms with Gasteiger partial charge in [0, 0.05) is 48.9 Å². The average Bonchev–Trinajstić information content (AvgIpc) is 2.92. The van der Waals surface area contributed by atoms with Gasteiger partial charge in [-0.05, 0) is 12.1 Å². The molecule has 1 aliphatic heterocycles. The number of nitrogens with one attached hydrogen (secondary N) is 2. The minimum absolute atomic E-state index is 0.0580. The number of hydrogen-bond donors (Lipinski definition) is 3. The first-order chi connectivity index (χ1) is 11.5. The topological polar surface area (TPSA) is 96.2 Å². The van der Waals surface area contributed by atoms with Gasteiger partial charge in [0.2, 0.25) is 5.91 Å². The van der Waals surface area contributed by atoms with Gasteiger partial charge in [0.25, 0.3) is 0 Å². The maximum absolute atomic E-state index is 11.1.